The van der Waals surface area contributed by atoms with Gasteiger partial charge in [0.05, 0.1) is 5.92 Å². The summed E-state index contributed by atoms with van der Waals surface area (Å²) < 4.78 is 5.16. The van der Waals surface area contributed by atoms with Crippen molar-refractivity contribution in [3.8, 4) is 0 Å². The van der Waals surface area contributed by atoms with Gasteiger partial charge in [-0.1, -0.05) is 42.0 Å². The van der Waals surface area contributed by atoms with Crippen LogP contribution in [0.15, 0.2) is 42.5 Å². The monoisotopic (exact) mass is 394 g/mol. The summed E-state index contributed by atoms with van der Waals surface area (Å²) in [7, 11) is 0. The van der Waals surface area contributed by atoms with E-state index in [1.807, 2.05) is 63.2 Å². The number of benzene rings is 2. The first-order chi connectivity index (χ1) is 13.8. The van der Waals surface area contributed by atoms with E-state index in [0.717, 1.165) is 22.3 Å². The van der Waals surface area contributed by atoms with Gasteiger partial charge >= 0.3 is 5.97 Å². The Kier molecular flexibility index (Phi) is 6.32. The zero-order chi connectivity index (χ0) is 21.0. The molecule has 2 aromatic rings. The molecule has 1 saturated heterocycles. The summed E-state index contributed by atoms with van der Waals surface area (Å²) in [6, 6.07) is 13.7. The second-order valence-corrected chi connectivity index (χ2v) is 7.64. The van der Waals surface area contributed by atoms with Gasteiger partial charge in [-0.3, -0.25) is 14.4 Å². The molecule has 0 radical (unpaired) electrons. The van der Waals surface area contributed by atoms with E-state index in [-0.39, 0.29) is 18.9 Å². The number of nitrogens with one attached hydrogen (secondary N) is 1. The third-order valence-electron chi connectivity index (χ3n) is 5.05. The van der Waals surface area contributed by atoms with E-state index in [4.69, 9.17) is 4.74 Å². The topological polar surface area (TPSA) is 75.7 Å². The van der Waals surface area contributed by atoms with Crippen molar-refractivity contribution in [3.63, 3.8) is 0 Å². The van der Waals surface area contributed by atoms with Gasteiger partial charge < -0.3 is 15.0 Å². The highest BCUT2D eigenvalue weighted by Crippen LogP contribution is 2.22. The maximum Gasteiger partial charge on any atom is 0.311 e. The molecule has 3 rings (SSSR count). The van der Waals surface area contributed by atoms with E-state index in [0.29, 0.717) is 18.8 Å². The van der Waals surface area contributed by atoms with Gasteiger partial charge in [0.2, 0.25) is 5.91 Å². The fraction of sp³-hybridized carbons (Fsp3) is 0.348. The average molecular weight is 394 g/mol. The summed E-state index contributed by atoms with van der Waals surface area (Å²) in [5.41, 5.74) is 4.84. The van der Waals surface area contributed by atoms with Gasteiger partial charge in [0, 0.05) is 25.2 Å². The van der Waals surface area contributed by atoms with E-state index < -0.39 is 17.8 Å². The molecule has 0 aromatic heterocycles. The zero-order valence-corrected chi connectivity index (χ0v) is 17.0. The van der Waals surface area contributed by atoms with Crippen LogP contribution in [0.3, 0.4) is 0 Å². The highest BCUT2D eigenvalue weighted by atomic mass is 16.5. The van der Waals surface area contributed by atoms with Gasteiger partial charge in [-0.15, -0.1) is 0 Å². The van der Waals surface area contributed by atoms with Crippen LogP contribution in [0, 0.1) is 26.7 Å². The Balaban J connectivity index is 1.49. The Morgan fingerprint density at radius 3 is 2.48 bits per heavy atom. The molecular weight excluding hydrogens is 368 g/mol. The molecule has 6 nitrogen and oxygen atoms in total. The fourth-order valence-electron chi connectivity index (χ4n) is 3.31. The van der Waals surface area contributed by atoms with Crippen LogP contribution in [0.2, 0.25) is 0 Å². The molecule has 29 heavy (non-hydrogen) atoms. The first-order valence-electron chi connectivity index (χ1n) is 9.69. The van der Waals surface area contributed by atoms with E-state index in [1.165, 1.54) is 0 Å². The molecule has 0 saturated carbocycles. The molecule has 0 unspecified atom stereocenters. The van der Waals surface area contributed by atoms with E-state index in [2.05, 4.69) is 5.32 Å². The van der Waals surface area contributed by atoms with Crippen molar-refractivity contribution in [1.82, 2.24) is 4.90 Å². The standard InChI is InChI=1S/C23H26N2O4/c1-15-5-8-18(9-6-15)12-25-13-19(11-22(25)27)23(28)29-14-21(26)24-20-10-16(2)4-7-17(20)3/h4-10,19H,11-14H2,1-3H3,(H,24,26)/t19-/m0/s1. The van der Waals surface area contributed by atoms with Gasteiger partial charge in [0.15, 0.2) is 6.61 Å². The van der Waals surface area contributed by atoms with Gasteiger partial charge in [-0.25, -0.2) is 0 Å². The van der Waals surface area contributed by atoms with Crippen LogP contribution in [-0.4, -0.2) is 35.8 Å². The van der Waals surface area contributed by atoms with Crippen molar-refractivity contribution in [2.45, 2.75) is 33.7 Å². The number of rotatable bonds is 6. The number of hydrogen-bond acceptors (Lipinski definition) is 4. The highest BCUT2D eigenvalue weighted by Gasteiger charge is 2.35. The minimum absolute atomic E-state index is 0.0765. The molecular formula is C23H26N2O4. The van der Waals surface area contributed by atoms with Gasteiger partial charge in [0.1, 0.15) is 0 Å². The maximum absolute atomic E-state index is 12.3. The van der Waals surface area contributed by atoms with Crippen LogP contribution in [0.5, 0.6) is 0 Å². The average Bonchev–Trinajstić information content (AvgIpc) is 3.05. The van der Waals surface area contributed by atoms with E-state index >= 15 is 0 Å². The normalized spacial score (nSPS) is 16.0. The number of esters is 1. The summed E-state index contributed by atoms with van der Waals surface area (Å²) in [5.74, 6) is -1.53. The molecule has 6 heteroatoms. The molecule has 152 valence electrons. The van der Waals surface area contributed by atoms with Crippen LogP contribution < -0.4 is 5.32 Å². The minimum Gasteiger partial charge on any atom is -0.455 e. The Labute approximate surface area is 170 Å². The number of likely N-dealkylation sites (tertiary alicyclic amines) is 1. The van der Waals surface area contributed by atoms with Crippen LogP contribution >= 0.6 is 0 Å². The number of aryl methyl sites for hydroxylation is 3. The van der Waals surface area contributed by atoms with Crippen LogP contribution in [0.25, 0.3) is 0 Å². The van der Waals surface area contributed by atoms with Crippen LogP contribution in [-0.2, 0) is 25.7 Å². The Bertz CT molecular complexity index is 921. The number of hydrogen-bond donors (Lipinski definition) is 1. The van der Waals surface area contributed by atoms with Crippen molar-refractivity contribution < 1.29 is 19.1 Å². The highest BCUT2D eigenvalue weighted by molar-refractivity contribution is 5.94. The predicted molar refractivity (Wildman–Crippen MR) is 110 cm³/mol. The molecule has 2 aromatic carbocycles. The summed E-state index contributed by atoms with van der Waals surface area (Å²) in [5, 5.41) is 2.76. The van der Waals surface area contributed by atoms with Gasteiger partial charge in [-0.2, -0.15) is 0 Å². The lowest BCUT2D eigenvalue weighted by molar-refractivity contribution is -0.151. The Hall–Kier alpha value is -3.15. The molecule has 1 N–H and O–H groups in total. The number of carbonyl (C=O) groups is 3. The quantitative estimate of drug-likeness (QED) is 0.764. The largest absolute Gasteiger partial charge is 0.455 e. The maximum atomic E-state index is 12.3. The molecule has 0 spiro atoms. The molecule has 1 aliphatic heterocycles. The molecule has 1 heterocycles. The third kappa shape index (κ3) is 5.44. The number of nitrogens with zero attached hydrogens (tertiary/aromatic N) is 1. The molecule has 0 bridgehead atoms. The smallest absolute Gasteiger partial charge is 0.311 e. The summed E-state index contributed by atoms with van der Waals surface area (Å²) in [6.45, 7) is 6.25. The van der Waals surface area contributed by atoms with Crippen molar-refractivity contribution in [2.75, 3.05) is 18.5 Å². The zero-order valence-electron chi connectivity index (χ0n) is 17.0. The summed E-state index contributed by atoms with van der Waals surface area (Å²) in [6.07, 6.45) is 0.114. The number of carbonyl (C=O) groups excluding carboxylic acids is 3. The number of ether oxygens (including phenoxy) is 1. The first kappa shape index (κ1) is 20.6. The van der Waals surface area contributed by atoms with Crippen molar-refractivity contribution >= 4 is 23.5 Å². The second kappa shape index (κ2) is 8.90. The lowest BCUT2D eigenvalue weighted by Gasteiger charge is -2.16. The number of anilines is 1. The lowest BCUT2D eigenvalue weighted by atomic mass is 10.1. The molecule has 2 amide bonds. The molecule has 1 fully saturated rings. The Morgan fingerprint density at radius 2 is 1.76 bits per heavy atom. The minimum atomic E-state index is -0.540. The van der Waals surface area contributed by atoms with E-state index in [1.54, 1.807) is 4.90 Å². The summed E-state index contributed by atoms with van der Waals surface area (Å²) in [4.78, 5) is 38.4. The predicted octanol–water partition coefficient (Wildman–Crippen LogP) is 3.14. The third-order valence-corrected chi connectivity index (χ3v) is 5.05. The van der Waals surface area contributed by atoms with Crippen LogP contribution in [0.1, 0.15) is 28.7 Å². The SMILES string of the molecule is Cc1ccc(CN2C[C@@H](C(=O)OCC(=O)Nc3cc(C)ccc3C)CC2=O)cc1. The van der Waals surface area contributed by atoms with Crippen molar-refractivity contribution in [1.29, 1.82) is 0 Å². The van der Waals surface area contributed by atoms with Gasteiger partial charge in [0.25, 0.3) is 5.91 Å². The lowest BCUT2D eigenvalue weighted by Crippen LogP contribution is -2.28. The van der Waals surface area contributed by atoms with E-state index in [9.17, 15) is 14.4 Å². The van der Waals surface area contributed by atoms with Crippen LogP contribution in [0.4, 0.5) is 5.69 Å². The molecule has 1 aliphatic rings. The molecule has 1 atom stereocenters. The second-order valence-electron chi connectivity index (χ2n) is 7.64. The first-order valence-corrected chi connectivity index (χ1v) is 9.69. The van der Waals surface area contributed by atoms with Crippen molar-refractivity contribution in [2.24, 2.45) is 5.92 Å². The number of amides is 2. The Morgan fingerprint density at radius 1 is 1.07 bits per heavy atom. The van der Waals surface area contributed by atoms with Crippen molar-refractivity contribution in [3.05, 3.63) is 64.7 Å². The molecule has 0 aliphatic carbocycles. The summed E-state index contributed by atoms with van der Waals surface area (Å²) >= 11 is 0. The van der Waals surface area contributed by atoms with Gasteiger partial charge in [-0.05, 0) is 43.5 Å². The fourth-order valence-corrected chi connectivity index (χ4v) is 3.31.